The van der Waals surface area contributed by atoms with E-state index < -0.39 is 11.7 Å². The molecule has 0 saturated carbocycles. The molecule has 4 rings (SSSR count). The first-order chi connectivity index (χ1) is 12.5. The van der Waals surface area contributed by atoms with Gasteiger partial charge in [0.05, 0.1) is 16.8 Å². The van der Waals surface area contributed by atoms with Gasteiger partial charge in [-0.15, -0.1) is 0 Å². The molecule has 136 valence electrons. The molecule has 0 spiro atoms. The van der Waals surface area contributed by atoms with Crippen molar-refractivity contribution in [2.24, 2.45) is 0 Å². The number of para-hydroxylation sites is 1. The van der Waals surface area contributed by atoms with E-state index in [1.165, 1.54) is 6.20 Å². The van der Waals surface area contributed by atoms with E-state index in [1.54, 1.807) is 0 Å². The van der Waals surface area contributed by atoms with Crippen molar-refractivity contribution >= 4 is 16.7 Å². The van der Waals surface area contributed by atoms with E-state index in [0.717, 1.165) is 48.4 Å². The summed E-state index contributed by atoms with van der Waals surface area (Å²) >= 11 is 0. The Bertz CT molecular complexity index is 897. The fourth-order valence-corrected chi connectivity index (χ4v) is 3.26. The van der Waals surface area contributed by atoms with Gasteiger partial charge in [0.25, 0.3) is 0 Å². The van der Waals surface area contributed by atoms with Crippen molar-refractivity contribution in [3.8, 4) is 0 Å². The van der Waals surface area contributed by atoms with E-state index in [2.05, 4.69) is 20.1 Å². The summed E-state index contributed by atoms with van der Waals surface area (Å²) in [6, 6.07) is 10.1. The minimum Gasteiger partial charge on any atom is -0.354 e. The lowest BCUT2D eigenvalue weighted by Gasteiger charge is -2.35. The molecule has 0 aliphatic carbocycles. The lowest BCUT2D eigenvalue weighted by molar-refractivity contribution is -0.137. The van der Waals surface area contributed by atoms with Crippen LogP contribution in [0.3, 0.4) is 0 Å². The summed E-state index contributed by atoms with van der Waals surface area (Å²) < 4.78 is 38.6. The highest BCUT2D eigenvalue weighted by atomic mass is 19.4. The molecule has 0 bridgehead atoms. The van der Waals surface area contributed by atoms with E-state index in [0.29, 0.717) is 18.9 Å². The molecule has 1 N–H and O–H groups in total. The molecule has 1 fully saturated rings. The molecule has 1 aromatic carbocycles. The first-order valence-electron chi connectivity index (χ1n) is 8.43. The molecule has 0 atom stereocenters. The van der Waals surface area contributed by atoms with Gasteiger partial charge in [-0.2, -0.15) is 18.3 Å². The molecule has 2 aromatic heterocycles. The number of alkyl halides is 3. The fourth-order valence-electron chi connectivity index (χ4n) is 3.26. The SMILES string of the molecule is FC(F)(F)c1ccnc(N2CCN(Cc3[nH]nc4ccccc34)CC2)c1. The Labute approximate surface area is 148 Å². The van der Waals surface area contributed by atoms with Crippen molar-refractivity contribution in [3.05, 3.63) is 53.9 Å². The number of hydrogen-bond donors (Lipinski definition) is 1. The van der Waals surface area contributed by atoms with Crippen molar-refractivity contribution in [2.45, 2.75) is 12.7 Å². The number of nitrogens with zero attached hydrogens (tertiary/aromatic N) is 4. The molecule has 0 radical (unpaired) electrons. The maximum Gasteiger partial charge on any atom is 0.416 e. The maximum atomic E-state index is 12.9. The third-order valence-corrected chi connectivity index (χ3v) is 4.69. The Balaban J connectivity index is 1.41. The van der Waals surface area contributed by atoms with Crippen LogP contribution in [0, 0.1) is 0 Å². The van der Waals surface area contributed by atoms with Crippen molar-refractivity contribution in [2.75, 3.05) is 31.1 Å². The number of aromatic amines is 1. The predicted molar refractivity (Wildman–Crippen MR) is 92.8 cm³/mol. The van der Waals surface area contributed by atoms with E-state index in [1.807, 2.05) is 29.2 Å². The number of H-pyrrole nitrogens is 1. The summed E-state index contributed by atoms with van der Waals surface area (Å²) in [4.78, 5) is 8.28. The third-order valence-electron chi connectivity index (χ3n) is 4.69. The second-order valence-electron chi connectivity index (χ2n) is 6.38. The molecule has 26 heavy (non-hydrogen) atoms. The van der Waals surface area contributed by atoms with Gasteiger partial charge in [0.15, 0.2) is 0 Å². The van der Waals surface area contributed by atoms with E-state index >= 15 is 0 Å². The van der Waals surface area contributed by atoms with Crippen LogP contribution < -0.4 is 4.90 Å². The van der Waals surface area contributed by atoms with Gasteiger partial charge in [0, 0.05) is 44.3 Å². The monoisotopic (exact) mass is 361 g/mol. The van der Waals surface area contributed by atoms with Crippen molar-refractivity contribution < 1.29 is 13.2 Å². The lowest BCUT2D eigenvalue weighted by Crippen LogP contribution is -2.46. The van der Waals surface area contributed by atoms with Gasteiger partial charge in [-0.3, -0.25) is 10.00 Å². The van der Waals surface area contributed by atoms with Crippen LogP contribution in [0.2, 0.25) is 0 Å². The number of aromatic nitrogens is 3. The molecule has 5 nitrogen and oxygen atoms in total. The fraction of sp³-hybridized carbons (Fsp3) is 0.333. The van der Waals surface area contributed by atoms with Crippen LogP contribution in [0.5, 0.6) is 0 Å². The number of nitrogens with one attached hydrogen (secondary N) is 1. The number of piperazine rings is 1. The first-order valence-corrected chi connectivity index (χ1v) is 8.43. The largest absolute Gasteiger partial charge is 0.416 e. The summed E-state index contributed by atoms with van der Waals surface area (Å²) in [5.74, 6) is 0.381. The Morgan fingerprint density at radius 2 is 1.81 bits per heavy atom. The van der Waals surface area contributed by atoms with Crippen molar-refractivity contribution in [1.29, 1.82) is 0 Å². The van der Waals surface area contributed by atoms with Gasteiger partial charge in [-0.25, -0.2) is 4.98 Å². The zero-order valence-corrected chi connectivity index (χ0v) is 14.0. The normalized spacial score (nSPS) is 16.3. The summed E-state index contributed by atoms with van der Waals surface area (Å²) in [7, 11) is 0. The second kappa shape index (κ2) is 6.60. The Morgan fingerprint density at radius 3 is 2.58 bits per heavy atom. The Kier molecular flexibility index (Phi) is 4.28. The van der Waals surface area contributed by atoms with Gasteiger partial charge in [0.2, 0.25) is 0 Å². The highest BCUT2D eigenvalue weighted by molar-refractivity contribution is 5.81. The highest BCUT2D eigenvalue weighted by Crippen LogP contribution is 2.31. The van der Waals surface area contributed by atoms with Gasteiger partial charge in [0.1, 0.15) is 5.82 Å². The van der Waals surface area contributed by atoms with Gasteiger partial charge < -0.3 is 4.90 Å². The summed E-state index contributed by atoms with van der Waals surface area (Å²) in [6.45, 7) is 3.53. The minimum atomic E-state index is -4.35. The number of rotatable bonds is 3. The molecule has 8 heteroatoms. The average Bonchev–Trinajstić information content (AvgIpc) is 3.05. The molecule has 3 aromatic rings. The molecule has 1 aliphatic heterocycles. The van der Waals surface area contributed by atoms with Crippen LogP contribution in [0.1, 0.15) is 11.3 Å². The topological polar surface area (TPSA) is 48.1 Å². The summed E-state index contributed by atoms with van der Waals surface area (Å²) in [6.07, 6.45) is -3.12. The molecule has 3 heterocycles. The number of halogens is 3. The van der Waals surface area contributed by atoms with Gasteiger partial charge in [-0.1, -0.05) is 18.2 Å². The van der Waals surface area contributed by atoms with Crippen LogP contribution in [0.4, 0.5) is 19.0 Å². The zero-order valence-electron chi connectivity index (χ0n) is 14.0. The molecule has 1 saturated heterocycles. The number of hydrogen-bond acceptors (Lipinski definition) is 4. The van der Waals surface area contributed by atoms with E-state index in [-0.39, 0.29) is 0 Å². The first kappa shape index (κ1) is 16.8. The molecule has 0 unspecified atom stereocenters. The second-order valence-corrected chi connectivity index (χ2v) is 6.38. The van der Waals surface area contributed by atoms with Crippen LogP contribution in [-0.4, -0.2) is 46.3 Å². The quantitative estimate of drug-likeness (QED) is 0.778. The van der Waals surface area contributed by atoms with Crippen molar-refractivity contribution in [3.63, 3.8) is 0 Å². The Morgan fingerprint density at radius 1 is 1.04 bits per heavy atom. The molecular formula is C18H18F3N5. The third kappa shape index (κ3) is 3.37. The molecule has 0 amide bonds. The number of benzene rings is 1. The molecular weight excluding hydrogens is 343 g/mol. The summed E-state index contributed by atoms with van der Waals surface area (Å²) in [5, 5.41) is 8.49. The molecule has 1 aliphatic rings. The number of pyridine rings is 1. The lowest BCUT2D eigenvalue weighted by atomic mass is 10.2. The highest BCUT2D eigenvalue weighted by Gasteiger charge is 2.31. The standard InChI is InChI=1S/C18H18F3N5/c19-18(20,21)13-5-6-22-17(11-13)26-9-7-25(8-10-26)12-16-14-3-1-2-4-15(14)23-24-16/h1-6,11H,7-10,12H2,(H,23,24). The van der Waals surface area contributed by atoms with Crippen LogP contribution >= 0.6 is 0 Å². The van der Waals surface area contributed by atoms with Crippen LogP contribution in [0.25, 0.3) is 10.9 Å². The van der Waals surface area contributed by atoms with Gasteiger partial charge in [-0.05, 0) is 18.2 Å². The van der Waals surface area contributed by atoms with Gasteiger partial charge >= 0.3 is 6.18 Å². The summed E-state index contributed by atoms with van der Waals surface area (Å²) in [5.41, 5.74) is 1.34. The van der Waals surface area contributed by atoms with E-state index in [4.69, 9.17) is 0 Å². The van der Waals surface area contributed by atoms with Crippen LogP contribution in [-0.2, 0) is 12.7 Å². The minimum absolute atomic E-state index is 0.381. The maximum absolute atomic E-state index is 12.9. The smallest absolute Gasteiger partial charge is 0.354 e. The van der Waals surface area contributed by atoms with Crippen LogP contribution in [0.15, 0.2) is 42.6 Å². The number of fused-ring (bicyclic) bond motifs is 1. The predicted octanol–water partition coefficient (Wildman–Crippen LogP) is 3.30. The zero-order chi connectivity index (χ0) is 18.1. The van der Waals surface area contributed by atoms with E-state index in [9.17, 15) is 13.2 Å². The van der Waals surface area contributed by atoms with Crippen molar-refractivity contribution in [1.82, 2.24) is 20.1 Å². The Hall–Kier alpha value is -2.61. The number of anilines is 1. The average molecular weight is 361 g/mol.